The molecule has 0 aromatic heterocycles. The first-order valence-corrected chi connectivity index (χ1v) is 12.5. The number of hydrogen-bond acceptors (Lipinski definition) is 3. The predicted molar refractivity (Wildman–Crippen MR) is 133 cm³/mol. The standard InChI is InChI=1S/C29H25F5N2O2/c30-23-5-4-6-24(31)26(23)25-17-22(28(37)36-15-2-1-3-16-36)27(35-25)20-9-7-18(8-10-20)19-11-13-21(14-12-19)38-29(32,33)34/h4-14,22,27H,1-3,15-17H2. The van der Waals surface area contributed by atoms with Crippen LogP contribution in [0, 0.1) is 17.6 Å². The van der Waals surface area contributed by atoms with Crippen LogP contribution < -0.4 is 4.74 Å². The number of piperidine rings is 1. The normalized spacial score (nSPS) is 19.8. The van der Waals surface area contributed by atoms with E-state index in [4.69, 9.17) is 0 Å². The van der Waals surface area contributed by atoms with Gasteiger partial charge in [0, 0.05) is 25.2 Å². The molecule has 3 aromatic carbocycles. The molecule has 198 valence electrons. The number of hydrogen-bond donors (Lipinski definition) is 0. The average Bonchev–Trinajstić information content (AvgIpc) is 3.33. The predicted octanol–water partition coefficient (Wildman–Crippen LogP) is 7.09. The van der Waals surface area contributed by atoms with Crippen LogP contribution in [0.1, 0.15) is 42.9 Å². The molecule has 2 aliphatic rings. The third kappa shape index (κ3) is 5.56. The Morgan fingerprint density at radius 1 is 0.842 bits per heavy atom. The number of amides is 1. The van der Waals surface area contributed by atoms with E-state index < -0.39 is 30.0 Å². The van der Waals surface area contributed by atoms with E-state index in [1.165, 1.54) is 42.5 Å². The number of likely N-dealkylation sites (tertiary alicyclic amines) is 1. The first-order chi connectivity index (χ1) is 18.2. The van der Waals surface area contributed by atoms with Gasteiger partial charge in [0.1, 0.15) is 17.4 Å². The number of halogens is 5. The van der Waals surface area contributed by atoms with Crippen molar-refractivity contribution in [2.24, 2.45) is 10.9 Å². The van der Waals surface area contributed by atoms with Crippen molar-refractivity contribution in [2.45, 2.75) is 38.1 Å². The summed E-state index contributed by atoms with van der Waals surface area (Å²) in [6.07, 6.45) is -1.75. The Balaban J connectivity index is 1.43. The lowest BCUT2D eigenvalue weighted by Crippen LogP contribution is -2.40. The summed E-state index contributed by atoms with van der Waals surface area (Å²) < 4.78 is 70.4. The highest BCUT2D eigenvalue weighted by atomic mass is 19.4. The zero-order valence-electron chi connectivity index (χ0n) is 20.3. The SMILES string of the molecule is O=C(C1CC(c2c(F)cccc2F)=NC1c1ccc(-c2ccc(OC(F)(F)F)cc2)cc1)N1CCCCC1. The third-order valence-electron chi connectivity index (χ3n) is 7.00. The number of rotatable bonds is 5. The maximum Gasteiger partial charge on any atom is 0.573 e. The molecule has 1 saturated heterocycles. The summed E-state index contributed by atoms with van der Waals surface area (Å²) in [5.74, 6) is -2.42. The number of carbonyl (C=O) groups is 1. The fourth-order valence-corrected chi connectivity index (χ4v) is 5.17. The van der Waals surface area contributed by atoms with E-state index in [-0.39, 0.29) is 29.4 Å². The fraction of sp³-hybridized carbons (Fsp3) is 0.310. The van der Waals surface area contributed by atoms with Crippen molar-refractivity contribution in [1.82, 2.24) is 4.90 Å². The Morgan fingerprint density at radius 3 is 2.00 bits per heavy atom. The molecule has 0 radical (unpaired) electrons. The molecule has 2 atom stereocenters. The van der Waals surface area contributed by atoms with Crippen molar-refractivity contribution >= 4 is 11.6 Å². The molecule has 0 bridgehead atoms. The zero-order valence-corrected chi connectivity index (χ0v) is 20.3. The molecule has 1 fully saturated rings. The quantitative estimate of drug-likeness (QED) is 0.332. The van der Waals surface area contributed by atoms with Crippen LogP contribution in [0.25, 0.3) is 11.1 Å². The molecule has 0 saturated carbocycles. The van der Waals surface area contributed by atoms with Crippen LogP contribution in [0.4, 0.5) is 22.0 Å². The summed E-state index contributed by atoms with van der Waals surface area (Å²) in [4.78, 5) is 20.0. The summed E-state index contributed by atoms with van der Waals surface area (Å²) in [7, 11) is 0. The average molecular weight is 529 g/mol. The summed E-state index contributed by atoms with van der Waals surface area (Å²) in [6.45, 7) is 1.30. The largest absolute Gasteiger partial charge is 0.573 e. The molecule has 4 nitrogen and oxygen atoms in total. The number of carbonyl (C=O) groups excluding carboxylic acids is 1. The summed E-state index contributed by atoms with van der Waals surface area (Å²) in [5.41, 5.74) is 2.16. The van der Waals surface area contributed by atoms with Crippen LogP contribution >= 0.6 is 0 Å². The van der Waals surface area contributed by atoms with Gasteiger partial charge in [-0.3, -0.25) is 9.79 Å². The van der Waals surface area contributed by atoms with Crippen LogP contribution in [0.15, 0.2) is 71.7 Å². The first kappa shape index (κ1) is 25.9. The van der Waals surface area contributed by atoms with Crippen molar-refractivity contribution in [2.75, 3.05) is 13.1 Å². The lowest BCUT2D eigenvalue weighted by molar-refractivity contribution is -0.274. The van der Waals surface area contributed by atoms with Gasteiger partial charge in [-0.2, -0.15) is 0 Å². The van der Waals surface area contributed by atoms with Crippen LogP contribution in [0.2, 0.25) is 0 Å². The van der Waals surface area contributed by atoms with Gasteiger partial charge >= 0.3 is 6.36 Å². The molecule has 0 spiro atoms. The van der Waals surface area contributed by atoms with E-state index in [1.807, 2.05) is 4.90 Å². The van der Waals surface area contributed by atoms with Gasteiger partial charge in [0.25, 0.3) is 0 Å². The zero-order chi connectivity index (χ0) is 26.9. The molecule has 3 aromatic rings. The molecule has 5 rings (SSSR count). The topological polar surface area (TPSA) is 41.9 Å². The van der Waals surface area contributed by atoms with Crippen molar-refractivity contribution in [1.29, 1.82) is 0 Å². The lowest BCUT2D eigenvalue weighted by atomic mass is 9.89. The number of ether oxygens (including phenoxy) is 1. The van der Waals surface area contributed by atoms with Crippen molar-refractivity contribution in [3.63, 3.8) is 0 Å². The number of aliphatic imine (C=N–C) groups is 1. The second kappa shape index (κ2) is 10.6. The van der Waals surface area contributed by atoms with Gasteiger partial charge in [0.15, 0.2) is 0 Å². The van der Waals surface area contributed by atoms with Crippen LogP contribution in [-0.2, 0) is 4.79 Å². The van der Waals surface area contributed by atoms with Gasteiger partial charge in [-0.25, -0.2) is 8.78 Å². The number of benzene rings is 3. The van der Waals surface area contributed by atoms with Gasteiger partial charge in [-0.05, 0) is 60.2 Å². The Labute approximate surface area is 216 Å². The first-order valence-electron chi connectivity index (χ1n) is 12.5. The minimum absolute atomic E-state index is 0.0745. The number of nitrogens with zero attached hydrogens (tertiary/aromatic N) is 2. The monoisotopic (exact) mass is 528 g/mol. The molecule has 2 unspecified atom stereocenters. The van der Waals surface area contributed by atoms with Gasteiger partial charge in [-0.15, -0.1) is 13.2 Å². The van der Waals surface area contributed by atoms with E-state index in [0.717, 1.165) is 24.8 Å². The van der Waals surface area contributed by atoms with E-state index >= 15 is 0 Å². The van der Waals surface area contributed by atoms with Crippen LogP contribution in [-0.4, -0.2) is 36.0 Å². The third-order valence-corrected chi connectivity index (χ3v) is 7.00. The smallest absolute Gasteiger partial charge is 0.406 e. The van der Waals surface area contributed by atoms with Gasteiger partial charge in [0.2, 0.25) is 5.91 Å². The Morgan fingerprint density at radius 2 is 1.42 bits per heavy atom. The summed E-state index contributed by atoms with van der Waals surface area (Å²) in [6, 6.07) is 15.7. The molecule has 2 heterocycles. The minimum atomic E-state index is -4.77. The fourth-order valence-electron chi connectivity index (χ4n) is 5.17. The Hall–Kier alpha value is -3.75. The van der Waals surface area contributed by atoms with E-state index in [2.05, 4.69) is 9.73 Å². The molecule has 2 aliphatic heterocycles. The van der Waals surface area contributed by atoms with Crippen LogP contribution in [0.3, 0.4) is 0 Å². The summed E-state index contributed by atoms with van der Waals surface area (Å²) in [5, 5.41) is 0. The Kier molecular flexibility index (Phi) is 7.19. The van der Waals surface area contributed by atoms with Gasteiger partial charge in [0.05, 0.1) is 17.5 Å². The second-order valence-corrected chi connectivity index (χ2v) is 9.51. The highest BCUT2D eigenvalue weighted by Gasteiger charge is 2.40. The van der Waals surface area contributed by atoms with Crippen molar-refractivity contribution in [3.05, 3.63) is 89.5 Å². The molecule has 0 N–H and O–H groups in total. The highest BCUT2D eigenvalue weighted by molar-refractivity contribution is 6.05. The molecule has 9 heteroatoms. The van der Waals surface area contributed by atoms with Crippen molar-refractivity contribution < 1.29 is 31.5 Å². The molecular weight excluding hydrogens is 503 g/mol. The Bertz CT molecular complexity index is 1310. The molecule has 38 heavy (non-hydrogen) atoms. The molecule has 1 amide bonds. The second-order valence-electron chi connectivity index (χ2n) is 9.51. The maximum atomic E-state index is 14.6. The molecular formula is C29H25F5N2O2. The van der Waals surface area contributed by atoms with E-state index in [9.17, 15) is 26.7 Å². The minimum Gasteiger partial charge on any atom is -0.406 e. The maximum absolute atomic E-state index is 14.6. The van der Waals surface area contributed by atoms with Gasteiger partial charge < -0.3 is 9.64 Å². The lowest BCUT2D eigenvalue weighted by Gasteiger charge is -2.31. The number of alkyl halides is 3. The van der Waals surface area contributed by atoms with Gasteiger partial charge in [-0.1, -0.05) is 42.5 Å². The summed E-state index contributed by atoms with van der Waals surface area (Å²) >= 11 is 0. The van der Waals surface area contributed by atoms with E-state index in [1.54, 1.807) is 24.3 Å². The molecule has 0 aliphatic carbocycles. The highest BCUT2D eigenvalue weighted by Crippen LogP contribution is 2.40. The van der Waals surface area contributed by atoms with Crippen molar-refractivity contribution in [3.8, 4) is 16.9 Å². The van der Waals surface area contributed by atoms with Crippen LogP contribution in [0.5, 0.6) is 5.75 Å². The van der Waals surface area contributed by atoms with E-state index in [0.29, 0.717) is 24.2 Å².